The number of hydrogen-bond donors (Lipinski definition) is 0. The molecule has 0 radical (unpaired) electrons. The van der Waals surface area contributed by atoms with Crippen molar-refractivity contribution in [2.75, 3.05) is 31.1 Å². The van der Waals surface area contributed by atoms with E-state index in [0.717, 1.165) is 49.7 Å². The molecule has 1 aliphatic rings. The molecule has 154 valence electrons. The van der Waals surface area contributed by atoms with Gasteiger partial charge in [0.1, 0.15) is 6.61 Å². The molecule has 0 atom stereocenters. The average Bonchev–Trinajstić information content (AvgIpc) is 2.79. The Morgan fingerprint density at radius 1 is 0.967 bits per heavy atom. The summed E-state index contributed by atoms with van der Waals surface area (Å²) in [6.45, 7) is 4.46. The summed E-state index contributed by atoms with van der Waals surface area (Å²) in [6.07, 6.45) is 6.81. The molecule has 0 aliphatic carbocycles. The number of aromatic nitrogens is 3. The van der Waals surface area contributed by atoms with Gasteiger partial charge in [-0.1, -0.05) is 18.2 Å². The van der Waals surface area contributed by atoms with Gasteiger partial charge in [-0.3, -0.25) is 20.0 Å². The van der Waals surface area contributed by atoms with Crippen molar-refractivity contribution in [2.24, 2.45) is 0 Å². The smallest absolute Gasteiger partial charge is 0.269 e. The molecule has 4 rings (SSSR count). The first kappa shape index (κ1) is 19.7. The van der Waals surface area contributed by atoms with Gasteiger partial charge in [0, 0.05) is 75.2 Å². The van der Waals surface area contributed by atoms with Gasteiger partial charge in [0.05, 0.1) is 4.92 Å². The number of pyridine rings is 1. The minimum atomic E-state index is -0.378. The number of nitrogens with zero attached hydrogens (tertiary/aromatic N) is 6. The maximum absolute atomic E-state index is 10.8. The summed E-state index contributed by atoms with van der Waals surface area (Å²) in [4.78, 5) is 27.9. The number of nitro benzene ring substituents is 1. The quantitative estimate of drug-likeness (QED) is 0.436. The van der Waals surface area contributed by atoms with Crippen molar-refractivity contribution in [3.63, 3.8) is 0 Å². The summed E-state index contributed by atoms with van der Waals surface area (Å²) in [5, 5.41) is 10.8. The summed E-state index contributed by atoms with van der Waals surface area (Å²) in [5.41, 5.74) is 2.15. The second-order valence-corrected chi connectivity index (χ2v) is 7.02. The second kappa shape index (κ2) is 9.27. The highest BCUT2D eigenvalue weighted by atomic mass is 16.6. The van der Waals surface area contributed by atoms with Crippen molar-refractivity contribution in [3.8, 4) is 5.88 Å². The van der Waals surface area contributed by atoms with E-state index in [-0.39, 0.29) is 10.6 Å². The summed E-state index contributed by atoms with van der Waals surface area (Å²) < 4.78 is 5.91. The van der Waals surface area contributed by atoms with E-state index in [9.17, 15) is 10.1 Å². The minimum absolute atomic E-state index is 0.116. The Kier molecular flexibility index (Phi) is 6.09. The summed E-state index contributed by atoms with van der Waals surface area (Å²) in [6, 6.07) is 10.6. The van der Waals surface area contributed by atoms with Gasteiger partial charge >= 0.3 is 0 Å². The number of non-ortho nitro benzene ring substituents is 1. The Morgan fingerprint density at radius 2 is 1.73 bits per heavy atom. The van der Waals surface area contributed by atoms with Crippen LogP contribution in [-0.2, 0) is 13.2 Å². The molecule has 1 saturated heterocycles. The normalized spacial score (nSPS) is 14.5. The van der Waals surface area contributed by atoms with Crippen molar-refractivity contribution in [1.82, 2.24) is 19.9 Å². The zero-order valence-corrected chi connectivity index (χ0v) is 16.4. The summed E-state index contributed by atoms with van der Waals surface area (Å²) in [7, 11) is 0. The molecule has 0 N–H and O–H groups in total. The van der Waals surface area contributed by atoms with Gasteiger partial charge in [-0.2, -0.15) is 0 Å². The Labute approximate surface area is 174 Å². The van der Waals surface area contributed by atoms with E-state index in [2.05, 4.69) is 24.8 Å². The lowest BCUT2D eigenvalue weighted by atomic mass is 10.2. The highest BCUT2D eigenvalue weighted by Crippen LogP contribution is 2.25. The molecular formula is C21H22N6O3. The van der Waals surface area contributed by atoms with Crippen LogP contribution in [0.3, 0.4) is 0 Å². The van der Waals surface area contributed by atoms with Gasteiger partial charge in [0.15, 0.2) is 5.82 Å². The Hall–Kier alpha value is -3.59. The second-order valence-electron chi connectivity index (χ2n) is 7.02. The largest absolute Gasteiger partial charge is 0.470 e. The highest BCUT2D eigenvalue weighted by molar-refractivity contribution is 5.48. The molecule has 3 aromatic rings. The molecule has 0 amide bonds. The predicted octanol–water partition coefficient (Wildman–Crippen LogP) is 2.68. The lowest BCUT2D eigenvalue weighted by Gasteiger charge is -2.35. The van der Waals surface area contributed by atoms with Crippen LogP contribution in [0.2, 0.25) is 0 Å². The van der Waals surface area contributed by atoms with E-state index in [4.69, 9.17) is 4.74 Å². The fraction of sp³-hybridized carbons (Fsp3) is 0.286. The first-order chi connectivity index (χ1) is 14.7. The van der Waals surface area contributed by atoms with Crippen molar-refractivity contribution in [3.05, 3.63) is 82.4 Å². The third kappa shape index (κ3) is 4.87. The van der Waals surface area contributed by atoms with Crippen LogP contribution in [0.5, 0.6) is 5.88 Å². The number of anilines is 1. The Bertz CT molecular complexity index is 976. The summed E-state index contributed by atoms with van der Waals surface area (Å²) >= 11 is 0. The third-order valence-corrected chi connectivity index (χ3v) is 4.97. The maximum atomic E-state index is 10.8. The topological polar surface area (TPSA) is 97.5 Å². The summed E-state index contributed by atoms with van der Waals surface area (Å²) in [5.74, 6) is 1.27. The van der Waals surface area contributed by atoms with E-state index >= 15 is 0 Å². The van der Waals surface area contributed by atoms with Crippen LogP contribution in [-0.4, -0.2) is 51.0 Å². The number of ether oxygens (including phenoxy) is 1. The van der Waals surface area contributed by atoms with E-state index in [0.29, 0.717) is 12.5 Å². The SMILES string of the molecule is O=[N+]([O-])c1ccc(CN2CCN(c3nccnc3OCc3cccnc3)CC2)cc1. The molecule has 0 unspecified atom stereocenters. The number of nitro groups is 1. The predicted molar refractivity (Wildman–Crippen MR) is 111 cm³/mol. The fourth-order valence-corrected chi connectivity index (χ4v) is 3.37. The Balaban J connectivity index is 1.34. The van der Waals surface area contributed by atoms with Crippen LogP contribution in [0, 0.1) is 10.1 Å². The molecule has 30 heavy (non-hydrogen) atoms. The first-order valence-electron chi connectivity index (χ1n) is 9.72. The van der Waals surface area contributed by atoms with Gasteiger partial charge in [0.25, 0.3) is 11.6 Å². The molecule has 1 aromatic carbocycles. The lowest BCUT2D eigenvalue weighted by molar-refractivity contribution is -0.384. The molecule has 3 heterocycles. The van der Waals surface area contributed by atoms with Gasteiger partial charge in [-0.25, -0.2) is 9.97 Å². The molecule has 0 saturated carbocycles. The van der Waals surface area contributed by atoms with Crippen LogP contribution in [0.4, 0.5) is 11.5 Å². The average molecular weight is 406 g/mol. The minimum Gasteiger partial charge on any atom is -0.470 e. The van der Waals surface area contributed by atoms with Crippen molar-refractivity contribution in [1.29, 1.82) is 0 Å². The van der Waals surface area contributed by atoms with Crippen molar-refractivity contribution < 1.29 is 9.66 Å². The van der Waals surface area contributed by atoms with E-state index in [1.165, 1.54) is 0 Å². The van der Waals surface area contributed by atoms with Crippen LogP contribution >= 0.6 is 0 Å². The van der Waals surface area contributed by atoms with E-state index in [1.807, 2.05) is 24.3 Å². The van der Waals surface area contributed by atoms with Gasteiger partial charge < -0.3 is 9.64 Å². The van der Waals surface area contributed by atoms with Crippen LogP contribution in [0.25, 0.3) is 0 Å². The van der Waals surface area contributed by atoms with Gasteiger partial charge in [-0.15, -0.1) is 0 Å². The van der Waals surface area contributed by atoms with Gasteiger partial charge in [-0.05, 0) is 11.6 Å². The fourth-order valence-electron chi connectivity index (χ4n) is 3.37. The zero-order valence-electron chi connectivity index (χ0n) is 16.4. The zero-order chi connectivity index (χ0) is 20.8. The van der Waals surface area contributed by atoms with Crippen LogP contribution in [0.1, 0.15) is 11.1 Å². The number of hydrogen-bond acceptors (Lipinski definition) is 8. The number of piperazine rings is 1. The Morgan fingerprint density at radius 3 is 2.43 bits per heavy atom. The number of benzene rings is 1. The maximum Gasteiger partial charge on any atom is 0.269 e. The first-order valence-corrected chi connectivity index (χ1v) is 9.72. The van der Waals surface area contributed by atoms with E-state index < -0.39 is 0 Å². The van der Waals surface area contributed by atoms with Crippen molar-refractivity contribution >= 4 is 11.5 Å². The molecule has 9 heteroatoms. The third-order valence-electron chi connectivity index (χ3n) is 4.97. The van der Waals surface area contributed by atoms with Crippen LogP contribution in [0.15, 0.2) is 61.2 Å². The van der Waals surface area contributed by atoms with Crippen molar-refractivity contribution in [2.45, 2.75) is 13.2 Å². The molecule has 0 bridgehead atoms. The molecule has 9 nitrogen and oxygen atoms in total. The van der Waals surface area contributed by atoms with Gasteiger partial charge in [0.2, 0.25) is 0 Å². The molecular weight excluding hydrogens is 384 g/mol. The molecule has 2 aromatic heterocycles. The standard InChI is InChI=1S/C21H22N6O3/c28-27(29)19-5-3-17(4-6-19)15-25-10-12-26(13-11-25)20-21(24-9-8-23-20)30-16-18-2-1-7-22-14-18/h1-9,14H,10-13,15-16H2. The number of rotatable bonds is 7. The monoisotopic (exact) mass is 406 g/mol. The molecule has 1 fully saturated rings. The highest BCUT2D eigenvalue weighted by Gasteiger charge is 2.22. The van der Waals surface area contributed by atoms with E-state index in [1.54, 1.807) is 36.9 Å². The van der Waals surface area contributed by atoms with Crippen LogP contribution < -0.4 is 9.64 Å². The molecule has 0 spiro atoms. The molecule has 1 aliphatic heterocycles. The lowest BCUT2D eigenvalue weighted by Crippen LogP contribution is -2.46.